The number of ether oxygens (including phenoxy) is 1. The van der Waals surface area contributed by atoms with Gasteiger partial charge < -0.3 is 10.5 Å². The van der Waals surface area contributed by atoms with Crippen molar-refractivity contribution in [2.45, 2.75) is 13.8 Å². The number of anilines is 1. The van der Waals surface area contributed by atoms with Crippen LogP contribution in [0.15, 0.2) is 42.6 Å². The summed E-state index contributed by atoms with van der Waals surface area (Å²) in [6, 6.07) is 11.8. The van der Waals surface area contributed by atoms with Crippen LogP contribution in [-0.2, 0) is 0 Å². The fraction of sp³-hybridized carbons (Fsp3) is 0.188. The van der Waals surface area contributed by atoms with Crippen molar-refractivity contribution in [1.29, 1.82) is 0 Å². The zero-order valence-corrected chi connectivity index (χ0v) is 11.6. The third-order valence-electron chi connectivity index (χ3n) is 3.25. The lowest BCUT2D eigenvalue weighted by molar-refractivity contribution is 0.340. The Morgan fingerprint density at radius 1 is 1.25 bits per heavy atom. The van der Waals surface area contributed by atoms with Crippen molar-refractivity contribution in [3.63, 3.8) is 0 Å². The maximum Gasteiger partial charge on any atom is 0.145 e. The second-order valence-corrected chi connectivity index (χ2v) is 4.70. The van der Waals surface area contributed by atoms with Crippen LogP contribution in [0.3, 0.4) is 0 Å². The highest BCUT2D eigenvalue weighted by Crippen LogP contribution is 2.26. The smallest absolute Gasteiger partial charge is 0.145 e. The first-order valence-electron chi connectivity index (χ1n) is 6.66. The van der Waals surface area contributed by atoms with E-state index in [-0.39, 0.29) is 0 Å². The highest BCUT2D eigenvalue weighted by Gasteiger charge is 2.10. The molecule has 20 heavy (non-hydrogen) atoms. The number of nitrogen functional groups attached to an aromatic ring is 1. The van der Waals surface area contributed by atoms with Crippen LogP contribution in [0.5, 0.6) is 5.75 Å². The van der Waals surface area contributed by atoms with Crippen LogP contribution in [0.1, 0.15) is 12.6 Å². The summed E-state index contributed by atoms with van der Waals surface area (Å²) in [6.45, 7) is 4.63. The average molecular weight is 267 g/mol. The number of hydrogen-bond acceptors (Lipinski definition) is 3. The Hall–Kier alpha value is -2.49. The van der Waals surface area contributed by atoms with E-state index in [4.69, 9.17) is 10.5 Å². The number of aromatic nitrogens is 2. The van der Waals surface area contributed by atoms with Gasteiger partial charge in [0, 0.05) is 17.4 Å². The van der Waals surface area contributed by atoms with Gasteiger partial charge in [0.2, 0.25) is 0 Å². The number of fused-ring (bicyclic) bond motifs is 1. The number of nitrogens with zero attached hydrogens (tertiary/aromatic N) is 2. The molecule has 0 amide bonds. The van der Waals surface area contributed by atoms with Crippen LogP contribution in [0, 0.1) is 6.92 Å². The van der Waals surface area contributed by atoms with E-state index in [1.165, 1.54) is 0 Å². The zero-order chi connectivity index (χ0) is 14.1. The lowest BCUT2D eigenvalue weighted by Crippen LogP contribution is -1.94. The molecule has 102 valence electrons. The summed E-state index contributed by atoms with van der Waals surface area (Å²) in [4.78, 5) is 4.65. The molecule has 0 saturated carbocycles. The van der Waals surface area contributed by atoms with Crippen molar-refractivity contribution in [3.05, 3.63) is 48.3 Å². The van der Waals surface area contributed by atoms with E-state index in [1.807, 2.05) is 60.8 Å². The van der Waals surface area contributed by atoms with Crippen LogP contribution in [-0.4, -0.2) is 16.0 Å². The molecule has 2 N–H and O–H groups in total. The minimum atomic E-state index is 0.651. The van der Waals surface area contributed by atoms with E-state index >= 15 is 0 Å². The maximum absolute atomic E-state index is 5.88. The molecule has 0 saturated heterocycles. The number of hydrogen-bond donors (Lipinski definition) is 1. The fourth-order valence-electron chi connectivity index (χ4n) is 2.35. The second-order valence-electron chi connectivity index (χ2n) is 4.70. The minimum absolute atomic E-state index is 0.651. The van der Waals surface area contributed by atoms with Gasteiger partial charge in [-0.15, -0.1) is 0 Å². The van der Waals surface area contributed by atoms with Crippen molar-refractivity contribution >= 4 is 11.2 Å². The molecule has 0 aliphatic carbocycles. The van der Waals surface area contributed by atoms with E-state index in [0.29, 0.717) is 6.61 Å². The van der Waals surface area contributed by atoms with Gasteiger partial charge in [-0.3, -0.25) is 4.40 Å². The first-order chi connectivity index (χ1) is 9.69. The van der Waals surface area contributed by atoms with E-state index in [2.05, 4.69) is 4.98 Å². The van der Waals surface area contributed by atoms with Crippen LogP contribution in [0.4, 0.5) is 5.69 Å². The molecule has 0 unspecified atom stereocenters. The molecular formula is C16H17N3O. The van der Waals surface area contributed by atoms with E-state index < -0.39 is 0 Å². The largest absolute Gasteiger partial charge is 0.494 e. The second kappa shape index (κ2) is 4.89. The molecule has 0 fully saturated rings. The number of imidazole rings is 1. The molecule has 2 aromatic heterocycles. The Labute approximate surface area is 117 Å². The Morgan fingerprint density at radius 3 is 2.90 bits per heavy atom. The van der Waals surface area contributed by atoms with E-state index in [1.54, 1.807) is 0 Å². The molecule has 4 nitrogen and oxygen atoms in total. The van der Waals surface area contributed by atoms with Gasteiger partial charge in [0.05, 0.1) is 17.8 Å². The first kappa shape index (κ1) is 12.5. The van der Waals surface area contributed by atoms with Gasteiger partial charge in [0.1, 0.15) is 11.6 Å². The van der Waals surface area contributed by atoms with E-state index in [0.717, 1.165) is 34.0 Å². The molecule has 3 rings (SSSR count). The lowest BCUT2D eigenvalue weighted by atomic mass is 10.2. The predicted octanol–water partition coefficient (Wildman–Crippen LogP) is 3.29. The molecule has 2 heterocycles. The number of nitrogens with two attached hydrogens (primary N) is 1. The van der Waals surface area contributed by atoms with E-state index in [9.17, 15) is 0 Å². The average Bonchev–Trinajstić information content (AvgIpc) is 2.76. The molecule has 0 aliphatic heterocycles. The number of benzene rings is 1. The Balaban J connectivity index is 2.18. The molecule has 0 radical (unpaired) electrons. The summed E-state index contributed by atoms with van der Waals surface area (Å²) < 4.78 is 7.57. The third-order valence-corrected chi connectivity index (χ3v) is 3.25. The van der Waals surface area contributed by atoms with Gasteiger partial charge in [-0.25, -0.2) is 4.98 Å². The predicted molar refractivity (Wildman–Crippen MR) is 80.9 cm³/mol. The lowest BCUT2D eigenvalue weighted by Gasteiger charge is -2.06. The van der Waals surface area contributed by atoms with Gasteiger partial charge in [-0.1, -0.05) is 12.1 Å². The summed E-state index contributed by atoms with van der Waals surface area (Å²) in [6.07, 6.45) is 1.90. The topological polar surface area (TPSA) is 52.5 Å². The van der Waals surface area contributed by atoms with Crippen LogP contribution in [0.25, 0.3) is 16.9 Å². The van der Waals surface area contributed by atoms with Crippen molar-refractivity contribution in [1.82, 2.24) is 9.38 Å². The van der Waals surface area contributed by atoms with Gasteiger partial charge in [0.25, 0.3) is 0 Å². The van der Waals surface area contributed by atoms with Gasteiger partial charge in [-0.05, 0) is 38.1 Å². The normalized spacial score (nSPS) is 10.9. The SMILES string of the molecule is CCOc1cccc(-c2nc(C)c3ccc(N)cn23)c1. The molecule has 1 aromatic carbocycles. The molecule has 4 heteroatoms. The first-order valence-corrected chi connectivity index (χ1v) is 6.66. The van der Waals surface area contributed by atoms with Crippen molar-refractivity contribution in [2.24, 2.45) is 0 Å². The number of aryl methyl sites for hydroxylation is 1. The zero-order valence-electron chi connectivity index (χ0n) is 11.6. The highest BCUT2D eigenvalue weighted by atomic mass is 16.5. The minimum Gasteiger partial charge on any atom is -0.494 e. The van der Waals surface area contributed by atoms with Gasteiger partial charge in [0.15, 0.2) is 0 Å². The molecule has 0 atom stereocenters. The molecule has 0 bridgehead atoms. The summed E-state index contributed by atoms with van der Waals surface area (Å²) in [5.74, 6) is 1.73. The molecule has 0 spiro atoms. The molecule has 0 aliphatic rings. The maximum atomic E-state index is 5.88. The van der Waals surface area contributed by atoms with Crippen LogP contribution < -0.4 is 10.5 Å². The summed E-state index contributed by atoms with van der Waals surface area (Å²) in [7, 11) is 0. The number of rotatable bonds is 3. The third kappa shape index (κ3) is 2.09. The molecule has 3 aromatic rings. The monoisotopic (exact) mass is 267 g/mol. The summed E-state index contributed by atoms with van der Waals surface area (Å²) in [5.41, 5.74) is 9.68. The van der Waals surface area contributed by atoms with Crippen molar-refractivity contribution in [3.8, 4) is 17.1 Å². The summed E-state index contributed by atoms with van der Waals surface area (Å²) >= 11 is 0. The fourth-order valence-corrected chi connectivity index (χ4v) is 2.35. The quantitative estimate of drug-likeness (QED) is 0.792. The van der Waals surface area contributed by atoms with Crippen molar-refractivity contribution in [2.75, 3.05) is 12.3 Å². The molecular weight excluding hydrogens is 250 g/mol. The Bertz CT molecular complexity index is 762. The van der Waals surface area contributed by atoms with Crippen molar-refractivity contribution < 1.29 is 4.74 Å². The standard InChI is InChI=1S/C16H17N3O/c1-3-20-14-6-4-5-12(9-14)16-18-11(2)15-8-7-13(17)10-19(15)16/h4-10H,3,17H2,1-2H3. The van der Waals surface area contributed by atoms with Crippen LogP contribution >= 0.6 is 0 Å². The highest BCUT2D eigenvalue weighted by molar-refractivity contribution is 5.67. The Kier molecular flexibility index (Phi) is 3.06. The van der Waals surface area contributed by atoms with Crippen LogP contribution in [0.2, 0.25) is 0 Å². The number of pyridine rings is 1. The Morgan fingerprint density at radius 2 is 2.10 bits per heavy atom. The van der Waals surface area contributed by atoms with Gasteiger partial charge >= 0.3 is 0 Å². The summed E-state index contributed by atoms with van der Waals surface area (Å²) in [5, 5.41) is 0. The van der Waals surface area contributed by atoms with Gasteiger partial charge in [-0.2, -0.15) is 0 Å².